The van der Waals surface area contributed by atoms with Crippen LogP contribution in [0.25, 0.3) is 22.3 Å². The van der Waals surface area contributed by atoms with Crippen molar-refractivity contribution in [2.45, 2.75) is 25.7 Å². The molecule has 194 valence electrons. The Morgan fingerprint density at radius 1 is 0.605 bits per heavy atom. The van der Waals surface area contributed by atoms with Gasteiger partial charge in [-0.25, -0.2) is 14.4 Å². The summed E-state index contributed by atoms with van der Waals surface area (Å²) in [5.74, 6) is -0.766. The number of thioether (sulfide) groups is 1. The van der Waals surface area contributed by atoms with Crippen LogP contribution in [0.15, 0.2) is 102 Å². The molecule has 0 aliphatic heterocycles. The predicted octanol–water partition coefficient (Wildman–Crippen LogP) is 7.19. The van der Waals surface area contributed by atoms with Crippen LogP contribution in [-0.2, 0) is 14.4 Å². The normalized spacial score (nSPS) is 10.3. The minimum atomic E-state index is -0.594. The first-order valence-electron chi connectivity index (χ1n) is 11.6. The van der Waals surface area contributed by atoms with Crippen LogP contribution in [0.4, 0.5) is 0 Å². The zero-order valence-electron chi connectivity index (χ0n) is 21.8. The SMILES string of the molecule is C=C(C)C(=O)Oc1ccc(-c2ccc(-c3ccc(OC(=O)C(=C)C)cc3OC(=O)C(=C)C)cc2SC)cc1. The first-order chi connectivity index (χ1) is 18.0. The molecule has 7 heteroatoms. The van der Waals surface area contributed by atoms with Crippen LogP contribution in [0.2, 0.25) is 0 Å². The standard InChI is InChI=1S/C31H28O6S/c1-18(2)29(32)35-23-11-8-21(9-12-23)26-14-10-22(16-28(26)38-7)25-15-13-24(36-30(33)19(3)4)17-27(25)37-31(34)20(5)6/h8-17H,1,3,5H2,2,4,6-7H3. The zero-order valence-corrected chi connectivity index (χ0v) is 22.6. The lowest BCUT2D eigenvalue weighted by Crippen LogP contribution is -2.11. The minimum absolute atomic E-state index is 0.223. The van der Waals surface area contributed by atoms with Crippen LogP contribution in [-0.4, -0.2) is 24.2 Å². The molecule has 0 atom stereocenters. The molecular weight excluding hydrogens is 500 g/mol. The van der Waals surface area contributed by atoms with Crippen molar-refractivity contribution in [1.29, 1.82) is 0 Å². The molecule has 0 amide bonds. The van der Waals surface area contributed by atoms with E-state index < -0.39 is 17.9 Å². The molecule has 0 N–H and O–H groups in total. The number of rotatable bonds is 9. The molecular formula is C31H28O6S. The molecule has 0 aromatic heterocycles. The van der Waals surface area contributed by atoms with E-state index in [0.717, 1.165) is 21.6 Å². The van der Waals surface area contributed by atoms with Crippen LogP contribution in [0.5, 0.6) is 17.2 Å². The summed E-state index contributed by atoms with van der Waals surface area (Å²) >= 11 is 1.56. The van der Waals surface area contributed by atoms with E-state index in [2.05, 4.69) is 19.7 Å². The Balaban J connectivity index is 1.99. The molecule has 0 heterocycles. The summed E-state index contributed by atoms with van der Waals surface area (Å²) in [6, 6.07) is 17.9. The summed E-state index contributed by atoms with van der Waals surface area (Å²) in [5.41, 5.74) is 4.16. The maximum absolute atomic E-state index is 12.3. The molecule has 0 fully saturated rings. The fourth-order valence-electron chi connectivity index (χ4n) is 3.26. The van der Waals surface area contributed by atoms with E-state index in [1.165, 1.54) is 6.07 Å². The average Bonchev–Trinajstić information content (AvgIpc) is 2.88. The third-order valence-corrected chi connectivity index (χ3v) is 6.08. The molecule has 0 aliphatic carbocycles. The van der Waals surface area contributed by atoms with Gasteiger partial charge in [-0.1, -0.05) is 44.0 Å². The van der Waals surface area contributed by atoms with Gasteiger partial charge in [-0.15, -0.1) is 11.8 Å². The number of esters is 3. The molecule has 0 bridgehead atoms. The molecule has 3 aromatic carbocycles. The molecule has 0 aliphatic rings. The van der Waals surface area contributed by atoms with Gasteiger partial charge >= 0.3 is 17.9 Å². The molecule has 3 rings (SSSR count). The highest BCUT2D eigenvalue weighted by Crippen LogP contribution is 2.39. The van der Waals surface area contributed by atoms with Gasteiger partial charge in [0.15, 0.2) is 0 Å². The summed E-state index contributed by atoms with van der Waals surface area (Å²) in [6.07, 6.45) is 1.97. The molecule has 0 unspecified atom stereocenters. The Morgan fingerprint density at radius 3 is 1.63 bits per heavy atom. The number of hydrogen-bond donors (Lipinski definition) is 0. The number of carbonyl (C=O) groups is 3. The van der Waals surface area contributed by atoms with Crippen molar-refractivity contribution in [2.75, 3.05) is 6.26 Å². The maximum atomic E-state index is 12.3. The molecule has 6 nitrogen and oxygen atoms in total. The van der Waals surface area contributed by atoms with Gasteiger partial charge in [0.05, 0.1) is 0 Å². The predicted molar refractivity (Wildman–Crippen MR) is 150 cm³/mol. The van der Waals surface area contributed by atoms with Crippen molar-refractivity contribution in [3.05, 3.63) is 97.1 Å². The third kappa shape index (κ3) is 6.89. The molecule has 38 heavy (non-hydrogen) atoms. The van der Waals surface area contributed by atoms with Crippen LogP contribution in [0, 0.1) is 0 Å². The van der Waals surface area contributed by atoms with Crippen LogP contribution < -0.4 is 14.2 Å². The van der Waals surface area contributed by atoms with Gasteiger partial charge in [-0.2, -0.15) is 0 Å². The molecule has 0 radical (unpaired) electrons. The Bertz CT molecular complexity index is 1450. The summed E-state index contributed by atoms with van der Waals surface area (Å²) < 4.78 is 16.2. The van der Waals surface area contributed by atoms with Gasteiger partial charge in [0.1, 0.15) is 17.2 Å². The minimum Gasteiger partial charge on any atom is -0.423 e. The lowest BCUT2D eigenvalue weighted by atomic mass is 9.99. The van der Waals surface area contributed by atoms with Crippen molar-refractivity contribution in [1.82, 2.24) is 0 Å². The lowest BCUT2D eigenvalue weighted by Gasteiger charge is -2.15. The highest BCUT2D eigenvalue weighted by molar-refractivity contribution is 7.98. The summed E-state index contributed by atoms with van der Waals surface area (Å²) in [5, 5.41) is 0. The average molecular weight is 529 g/mol. The van der Waals surface area contributed by atoms with Crippen LogP contribution >= 0.6 is 11.8 Å². The van der Waals surface area contributed by atoms with Gasteiger partial charge in [0.2, 0.25) is 0 Å². The van der Waals surface area contributed by atoms with Crippen LogP contribution in [0.1, 0.15) is 20.8 Å². The van der Waals surface area contributed by atoms with Crippen molar-refractivity contribution in [3.8, 4) is 39.5 Å². The number of hydrogen-bond acceptors (Lipinski definition) is 7. The van der Waals surface area contributed by atoms with E-state index in [9.17, 15) is 14.4 Å². The van der Waals surface area contributed by atoms with E-state index in [0.29, 0.717) is 16.9 Å². The summed E-state index contributed by atoms with van der Waals surface area (Å²) in [6.45, 7) is 15.5. The van der Waals surface area contributed by atoms with Crippen molar-refractivity contribution in [3.63, 3.8) is 0 Å². The van der Waals surface area contributed by atoms with E-state index in [1.54, 1.807) is 56.8 Å². The Labute approximate surface area is 226 Å². The van der Waals surface area contributed by atoms with Gasteiger partial charge in [-0.3, -0.25) is 0 Å². The highest BCUT2D eigenvalue weighted by Gasteiger charge is 2.17. The fourth-order valence-corrected chi connectivity index (χ4v) is 3.91. The second-order valence-electron chi connectivity index (χ2n) is 8.61. The van der Waals surface area contributed by atoms with Gasteiger partial charge < -0.3 is 14.2 Å². The smallest absolute Gasteiger partial charge is 0.338 e. The van der Waals surface area contributed by atoms with Crippen molar-refractivity contribution in [2.24, 2.45) is 0 Å². The van der Waals surface area contributed by atoms with E-state index in [4.69, 9.17) is 14.2 Å². The molecule has 3 aromatic rings. The van der Waals surface area contributed by atoms with E-state index in [-0.39, 0.29) is 22.6 Å². The first-order valence-corrected chi connectivity index (χ1v) is 12.8. The van der Waals surface area contributed by atoms with Crippen molar-refractivity contribution >= 4 is 29.7 Å². The molecule has 0 saturated heterocycles. The van der Waals surface area contributed by atoms with Gasteiger partial charge in [-0.05, 0) is 74.0 Å². The number of ether oxygens (including phenoxy) is 3. The zero-order chi connectivity index (χ0) is 28.0. The van der Waals surface area contributed by atoms with Crippen LogP contribution in [0.3, 0.4) is 0 Å². The largest absolute Gasteiger partial charge is 0.423 e. The second-order valence-corrected chi connectivity index (χ2v) is 9.46. The Morgan fingerprint density at radius 2 is 1.08 bits per heavy atom. The Hall–Kier alpha value is -4.36. The highest BCUT2D eigenvalue weighted by atomic mass is 32.2. The monoisotopic (exact) mass is 528 g/mol. The van der Waals surface area contributed by atoms with Gasteiger partial charge in [0, 0.05) is 33.2 Å². The quantitative estimate of drug-likeness (QED) is 0.126. The fraction of sp³-hybridized carbons (Fsp3) is 0.129. The second kappa shape index (κ2) is 12.3. The molecule has 0 spiro atoms. The maximum Gasteiger partial charge on any atom is 0.338 e. The number of carbonyl (C=O) groups excluding carboxylic acids is 3. The van der Waals surface area contributed by atoms with Gasteiger partial charge in [0.25, 0.3) is 0 Å². The van der Waals surface area contributed by atoms with E-state index >= 15 is 0 Å². The lowest BCUT2D eigenvalue weighted by molar-refractivity contribution is -0.131. The van der Waals surface area contributed by atoms with Crippen molar-refractivity contribution < 1.29 is 28.6 Å². The summed E-state index contributed by atoms with van der Waals surface area (Å²) in [4.78, 5) is 37.1. The number of benzene rings is 3. The summed E-state index contributed by atoms with van der Waals surface area (Å²) in [7, 11) is 0. The van der Waals surface area contributed by atoms with E-state index in [1.807, 2.05) is 36.6 Å². The first kappa shape index (κ1) is 28.2. The molecule has 0 saturated carbocycles. The Kier molecular flexibility index (Phi) is 9.10. The topological polar surface area (TPSA) is 78.9 Å². The third-order valence-electron chi connectivity index (χ3n) is 5.30.